The molecule has 0 aliphatic carbocycles. The van der Waals surface area contributed by atoms with Gasteiger partial charge in [0.1, 0.15) is 0 Å². The van der Waals surface area contributed by atoms with Crippen molar-refractivity contribution in [2.75, 3.05) is 16.8 Å². The van der Waals surface area contributed by atoms with E-state index in [-0.39, 0.29) is 16.6 Å². The molecule has 3 rings (SSSR count). The Morgan fingerprint density at radius 3 is 2.28 bits per heavy atom. The molecule has 3 aromatic rings. The van der Waals surface area contributed by atoms with Crippen molar-refractivity contribution >= 4 is 39.2 Å². The monoisotopic (exact) mass is 470 g/mol. The number of rotatable bonds is 10. The van der Waals surface area contributed by atoms with Crippen LogP contribution in [0.3, 0.4) is 0 Å². The standard InChI is InChI=1S/C23H22N2O5S2/c26-22(17-6-2-1-3-7-17)25-19-9-11-21(12-10-19)32(29,30)16-18(23(27)28)14-31-15-20-8-4-5-13-24-20/h1-13,18H,14-16H2,(H,25,26)(H,27,28). The zero-order valence-corrected chi connectivity index (χ0v) is 18.7. The van der Waals surface area contributed by atoms with Crippen LogP contribution in [0.2, 0.25) is 0 Å². The Kier molecular flexibility index (Phi) is 8.02. The Hall–Kier alpha value is -3.17. The van der Waals surface area contributed by atoms with Gasteiger partial charge < -0.3 is 10.4 Å². The molecule has 1 unspecified atom stereocenters. The lowest BCUT2D eigenvalue weighted by molar-refractivity contribution is -0.140. The zero-order valence-electron chi connectivity index (χ0n) is 17.0. The summed E-state index contributed by atoms with van der Waals surface area (Å²) in [7, 11) is -3.82. The van der Waals surface area contributed by atoms with Crippen LogP contribution in [0.1, 0.15) is 16.1 Å². The number of aliphatic carboxylic acids is 1. The predicted octanol–water partition coefficient (Wildman–Crippen LogP) is 3.74. The minimum Gasteiger partial charge on any atom is -0.481 e. The fraction of sp³-hybridized carbons (Fsp3) is 0.174. The van der Waals surface area contributed by atoms with Gasteiger partial charge in [-0.15, -0.1) is 0 Å². The van der Waals surface area contributed by atoms with Gasteiger partial charge in [-0.1, -0.05) is 24.3 Å². The fourth-order valence-electron chi connectivity index (χ4n) is 2.88. The van der Waals surface area contributed by atoms with Crippen molar-refractivity contribution in [3.63, 3.8) is 0 Å². The summed E-state index contributed by atoms with van der Waals surface area (Å²) in [5.41, 5.74) is 1.73. The van der Waals surface area contributed by atoms with Gasteiger partial charge in [-0.05, 0) is 48.5 Å². The molecule has 1 amide bonds. The van der Waals surface area contributed by atoms with Crippen LogP contribution in [0.4, 0.5) is 5.69 Å². The van der Waals surface area contributed by atoms with E-state index in [1.807, 2.05) is 12.1 Å². The molecule has 0 fully saturated rings. The minimum atomic E-state index is -3.82. The second-order valence-corrected chi connectivity index (χ2v) is 10.1. The van der Waals surface area contributed by atoms with Gasteiger partial charge in [0.2, 0.25) is 0 Å². The van der Waals surface area contributed by atoms with Crippen LogP contribution in [0, 0.1) is 5.92 Å². The van der Waals surface area contributed by atoms with E-state index in [2.05, 4.69) is 10.3 Å². The Bertz CT molecular complexity index is 1150. The van der Waals surface area contributed by atoms with E-state index in [0.717, 1.165) is 5.69 Å². The number of aromatic nitrogens is 1. The average molecular weight is 471 g/mol. The van der Waals surface area contributed by atoms with Crippen LogP contribution >= 0.6 is 11.8 Å². The summed E-state index contributed by atoms with van der Waals surface area (Å²) in [6, 6.07) is 19.8. The number of hydrogen-bond donors (Lipinski definition) is 2. The lowest BCUT2D eigenvalue weighted by Gasteiger charge is -2.13. The number of sulfone groups is 1. The van der Waals surface area contributed by atoms with E-state index in [1.165, 1.54) is 36.0 Å². The maximum absolute atomic E-state index is 12.8. The number of carboxylic acids is 1. The van der Waals surface area contributed by atoms with Crippen molar-refractivity contribution < 1.29 is 23.1 Å². The topological polar surface area (TPSA) is 113 Å². The van der Waals surface area contributed by atoms with Gasteiger partial charge in [0.15, 0.2) is 9.84 Å². The quantitative estimate of drug-likeness (QED) is 0.464. The van der Waals surface area contributed by atoms with E-state index >= 15 is 0 Å². The van der Waals surface area contributed by atoms with Crippen LogP contribution in [-0.4, -0.2) is 41.9 Å². The first kappa shape index (κ1) is 23.5. The maximum atomic E-state index is 12.8. The molecule has 166 valence electrons. The third-order valence-electron chi connectivity index (χ3n) is 4.57. The molecular formula is C23H22N2O5S2. The molecule has 0 bridgehead atoms. The van der Waals surface area contributed by atoms with Crippen molar-refractivity contribution in [3.8, 4) is 0 Å². The van der Waals surface area contributed by atoms with Gasteiger partial charge in [-0.25, -0.2) is 8.42 Å². The van der Waals surface area contributed by atoms with E-state index in [4.69, 9.17) is 0 Å². The van der Waals surface area contributed by atoms with Crippen molar-refractivity contribution in [3.05, 3.63) is 90.3 Å². The number of hydrogen-bond acceptors (Lipinski definition) is 6. The molecule has 1 atom stereocenters. The van der Waals surface area contributed by atoms with Gasteiger partial charge in [-0.3, -0.25) is 14.6 Å². The number of benzene rings is 2. The molecule has 2 N–H and O–H groups in total. The summed E-state index contributed by atoms with van der Waals surface area (Å²) in [5, 5.41) is 12.2. The van der Waals surface area contributed by atoms with Crippen molar-refractivity contribution in [2.45, 2.75) is 10.6 Å². The summed E-state index contributed by atoms with van der Waals surface area (Å²) in [4.78, 5) is 28.0. The van der Waals surface area contributed by atoms with E-state index in [0.29, 0.717) is 17.0 Å². The van der Waals surface area contributed by atoms with Crippen LogP contribution in [0.25, 0.3) is 0 Å². The SMILES string of the molecule is O=C(Nc1ccc(S(=O)(=O)CC(CSCc2ccccn2)C(=O)O)cc1)c1ccccc1. The highest BCUT2D eigenvalue weighted by Gasteiger charge is 2.26. The molecule has 2 aromatic carbocycles. The predicted molar refractivity (Wildman–Crippen MR) is 124 cm³/mol. The molecule has 9 heteroatoms. The summed E-state index contributed by atoms with van der Waals surface area (Å²) in [6.45, 7) is 0. The van der Waals surface area contributed by atoms with Crippen LogP contribution < -0.4 is 5.32 Å². The zero-order chi connectivity index (χ0) is 23.0. The third-order valence-corrected chi connectivity index (χ3v) is 7.54. The van der Waals surface area contributed by atoms with E-state index in [1.54, 1.807) is 42.6 Å². The lowest BCUT2D eigenvalue weighted by Crippen LogP contribution is -2.26. The number of amides is 1. The van der Waals surface area contributed by atoms with Gasteiger partial charge in [-0.2, -0.15) is 11.8 Å². The van der Waals surface area contributed by atoms with Gasteiger partial charge in [0.05, 0.1) is 22.3 Å². The third kappa shape index (κ3) is 6.66. The van der Waals surface area contributed by atoms with E-state index in [9.17, 15) is 23.1 Å². The smallest absolute Gasteiger partial charge is 0.308 e. The average Bonchev–Trinajstić information content (AvgIpc) is 2.80. The first-order valence-corrected chi connectivity index (χ1v) is 12.6. The summed E-state index contributed by atoms with van der Waals surface area (Å²) >= 11 is 1.33. The van der Waals surface area contributed by atoms with E-state index < -0.39 is 27.5 Å². The molecule has 0 aliphatic heterocycles. The Morgan fingerprint density at radius 2 is 1.66 bits per heavy atom. The highest BCUT2D eigenvalue weighted by molar-refractivity contribution is 7.98. The summed E-state index contributed by atoms with van der Waals surface area (Å²) < 4.78 is 25.5. The highest BCUT2D eigenvalue weighted by atomic mass is 32.2. The summed E-state index contributed by atoms with van der Waals surface area (Å²) in [5.74, 6) is -2.37. The van der Waals surface area contributed by atoms with Crippen molar-refractivity contribution in [1.82, 2.24) is 4.98 Å². The molecule has 1 heterocycles. The number of pyridine rings is 1. The molecule has 0 saturated carbocycles. The van der Waals surface area contributed by atoms with Crippen molar-refractivity contribution in [1.29, 1.82) is 0 Å². The first-order chi connectivity index (χ1) is 15.3. The van der Waals surface area contributed by atoms with Crippen LogP contribution in [-0.2, 0) is 20.4 Å². The van der Waals surface area contributed by atoms with Crippen LogP contribution in [0.5, 0.6) is 0 Å². The molecule has 0 spiro atoms. The number of carbonyl (C=O) groups excluding carboxylic acids is 1. The van der Waals surface area contributed by atoms with Gasteiger partial charge >= 0.3 is 5.97 Å². The fourth-order valence-corrected chi connectivity index (χ4v) is 5.60. The largest absolute Gasteiger partial charge is 0.481 e. The number of anilines is 1. The lowest BCUT2D eigenvalue weighted by atomic mass is 10.2. The molecular weight excluding hydrogens is 448 g/mol. The van der Waals surface area contributed by atoms with Gasteiger partial charge in [0, 0.05) is 29.0 Å². The summed E-state index contributed by atoms with van der Waals surface area (Å²) in [6.07, 6.45) is 1.65. The number of nitrogens with one attached hydrogen (secondary N) is 1. The Labute approximate surface area is 190 Å². The molecule has 0 radical (unpaired) electrons. The van der Waals surface area contributed by atoms with Crippen molar-refractivity contribution in [2.24, 2.45) is 5.92 Å². The molecule has 1 aromatic heterocycles. The minimum absolute atomic E-state index is 0.0104. The Morgan fingerprint density at radius 1 is 0.969 bits per heavy atom. The number of carboxylic acid groups (broad SMARTS) is 1. The van der Waals surface area contributed by atoms with Gasteiger partial charge in [0.25, 0.3) is 5.91 Å². The molecule has 32 heavy (non-hydrogen) atoms. The maximum Gasteiger partial charge on any atom is 0.308 e. The molecule has 7 nitrogen and oxygen atoms in total. The molecule has 0 aliphatic rings. The normalized spacial score (nSPS) is 12.1. The second kappa shape index (κ2) is 10.9. The first-order valence-electron chi connectivity index (χ1n) is 9.75. The molecule has 0 saturated heterocycles. The highest BCUT2D eigenvalue weighted by Crippen LogP contribution is 2.21. The Balaban J connectivity index is 1.61. The second-order valence-electron chi connectivity index (χ2n) is 7.00. The number of thioether (sulfide) groups is 1. The van der Waals surface area contributed by atoms with Crippen LogP contribution in [0.15, 0.2) is 83.9 Å². The number of carbonyl (C=O) groups is 2. The number of nitrogens with zero attached hydrogens (tertiary/aromatic N) is 1.